The number of methoxy groups -OCH3 is 2. The Kier molecular flexibility index (Phi) is 3.59. The standard InChI is InChI=1S/C18H18N2O2/c1-11-7-16(12-5-4-6-13(19)8-12)20-18-15(11)9-14(21-2)10-17(18)22-3/h4-10H,19H2,1-3H3. The van der Waals surface area contributed by atoms with Crippen LogP contribution in [0.4, 0.5) is 5.69 Å². The zero-order valence-electron chi connectivity index (χ0n) is 12.9. The third kappa shape index (κ3) is 2.44. The lowest BCUT2D eigenvalue weighted by Crippen LogP contribution is -1.95. The molecule has 0 atom stereocenters. The SMILES string of the molecule is COc1cc(OC)c2nc(-c3cccc(N)c3)cc(C)c2c1. The van der Waals surface area contributed by atoms with Crippen molar-refractivity contribution in [1.29, 1.82) is 0 Å². The van der Waals surface area contributed by atoms with Gasteiger partial charge in [-0.05, 0) is 36.8 Å². The Bertz CT molecular complexity index is 844. The first-order valence-corrected chi connectivity index (χ1v) is 7.01. The molecule has 2 N–H and O–H groups in total. The maximum absolute atomic E-state index is 5.87. The van der Waals surface area contributed by atoms with Gasteiger partial charge < -0.3 is 15.2 Å². The van der Waals surface area contributed by atoms with Crippen LogP contribution in [0, 0.1) is 6.92 Å². The molecule has 1 aromatic heterocycles. The summed E-state index contributed by atoms with van der Waals surface area (Å²) in [7, 11) is 3.28. The van der Waals surface area contributed by atoms with Gasteiger partial charge in [0.2, 0.25) is 0 Å². The van der Waals surface area contributed by atoms with Crippen molar-refractivity contribution in [2.45, 2.75) is 6.92 Å². The summed E-state index contributed by atoms with van der Waals surface area (Å²) in [6, 6.07) is 13.6. The molecule has 0 saturated carbocycles. The molecule has 1 heterocycles. The molecule has 3 rings (SSSR count). The number of nitrogens with zero attached hydrogens (tertiary/aromatic N) is 1. The number of hydrogen-bond acceptors (Lipinski definition) is 4. The lowest BCUT2D eigenvalue weighted by Gasteiger charge is -2.12. The average molecular weight is 294 g/mol. The van der Waals surface area contributed by atoms with Crippen molar-refractivity contribution < 1.29 is 9.47 Å². The van der Waals surface area contributed by atoms with Gasteiger partial charge in [-0.1, -0.05) is 12.1 Å². The van der Waals surface area contributed by atoms with Crippen LogP contribution < -0.4 is 15.2 Å². The Morgan fingerprint density at radius 2 is 1.82 bits per heavy atom. The second kappa shape index (κ2) is 5.56. The van der Waals surface area contributed by atoms with E-state index in [2.05, 4.69) is 13.0 Å². The maximum atomic E-state index is 5.87. The van der Waals surface area contributed by atoms with E-state index in [0.717, 1.165) is 39.2 Å². The first-order valence-electron chi connectivity index (χ1n) is 7.01. The third-order valence-corrected chi connectivity index (χ3v) is 3.70. The summed E-state index contributed by atoms with van der Waals surface area (Å²) in [5.41, 5.74) is 10.4. The molecule has 22 heavy (non-hydrogen) atoms. The molecule has 0 amide bonds. The zero-order chi connectivity index (χ0) is 15.7. The van der Waals surface area contributed by atoms with E-state index in [9.17, 15) is 0 Å². The molecule has 0 unspecified atom stereocenters. The number of benzene rings is 2. The molecule has 4 heteroatoms. The van der Waals surface area contributed by atoms with E-state index in [0.29, 0.717) is 5.75 Å². The van der Waals surface area contributed by atoms with E-state index >= 15 is 0 Å². The lowest BCUT2D eigenvalue weighted by atomic mass is 10.0. The number of nitrogen functional groups attached to an aromatic ring is 1. The molecule has 0 aliphatic rings. The largest absolute Gasteiger partial charge is 0.497 e. The van der Waals surface area contributed by atoms with Crippen LogP contribution in [0.2, 0.25) is 0 Å². The second-order valence-corrected chi connectivity index (χ2v) is 5.18. The summed E-state index contributed by atoms with van der Waals surface area (Å²) >= 11 is 0. The summed E-state index contributed by atoms with van der Waals surface area (Å²) in [4.78, 5) is 4.76. The Labute approximate surface area is 129 Å². The molecular formula is C18H18N2O2. The van der Waals surface area contributed by atoms with E-state index < -0.39 is 0 Å². The van der Waals surface area contributed by atoms with Crippen molar-refractivity contribution in [3.05, 3.63) is 48.0 Å². The van der Waals surface area contributed by atoms with Crippen molar-refractivity contribution in [3.8, 4) is 22.8 Å². The van der Waals surface area contributed by atoms with Crippen LogP contribution in [-0.4, -0.2) is 19.2 Å². The van der Waals surface area contributed by atoms with Gasteiger partial charge >= 0.3 is 0 Å². The summed E-state index contributed by atoms with van der Waals surface area (Å²) in [6.07, 6.45) is 0. The first-order chi connectivity index (χ1) is 10.6. The zero-order valence-corrected chi connectivity index (χ0v) is 12.9. The minimum Gasteiger partial charge on any atom is -0.497 e. The predicted molar refractivity (Wildman–Crippen MR) is 89.4 cm³/mol. The molecular weight excluding hydrogens is 276 g/mol. The van der Waals surface area contributed by atoms with Gasteiger partial charge in [-0.15, -0.1) is 0 Å². The van der Waals surface area contributed by atoms with Crippen molar-refractivity contribution in [2.24, 2.45) is 0 Å². The van der Waals surface area contributed by atoms with Gasteiger partial charge in [0, 0.05) is 22.7 Å². The van der Waals surface area contributed by atoms with E-state index in [1.165, 1.54) is 0 Å². The van der Waals surface area contributed by atoms with Crippen LogP contribution in [0.15, 0.2) is 42.5 Å². The van der Waals surface area contributed by atoms with Crippen LogP contribution in [0.5, 0.6) is 11.5 Å². The quantitative estimate of drug-likeness (QED) is 0.746. The predicted octanol–water partition coefficient (Wildman–Crippen LogP) is 3.81. The van der Waals surface area contributed by atoms with Gasteiger partial charge in [-0.25, -0.2) is 4.98 Å². The third-order valence-electron chi connectivity index (χ3n) is 3.70. The number of fused-ring (bicyclic) bond motifs is 1. The number of anilines is 1. The van der Waals surface area contributed by atoms with E-state index in [-0.39, 0.29) is 0 Å². The highest BCUT2D eigenvalue weighted by atomic mass is 16.5. The fourth-order valence-corrected chi connectivity index (χ4v) is 2.55. The fraction of sp³-hybridized carbons (Fsp3) is 0.167. The van der Waals surface area contributed by atoms with Crippen molar-refractivity contribution in [3.63, 3.8) is 0 Å². The number of ether oxygens (including phenoxy) is 2. The van der Waals surface area contributed by atoms with E-state index in [1.807, 2.05) is 36.4 Å². The monoisotopic (exact) mass is 294 g/mol. The molecule has 3 aromatic rings. The second-order valence-electron chi connectivity index (χ2n) is 5.18. The number of rotatable bonds is 3. The van der Waals surface area contributed by atoms with Crippen LogP contribution in [0.25, 0.3) is 22.2 Å². The van der Waals surface area contributed by atoms with E-state index in [4.69, 9.17) is 20.2 Å². The minimum atomic E-state index is 0.697. The summed E-state index contributed by atoms with van der Waals surface area (Å²) < 4.78 is 10.8. The van der Waals surface area contributed by atoms with Gasteiger partial charge in [-0.2, -0.15) is 0 Å². The van der Waals surface area contributed by atoms with Crippen LogP contribution >= 0.6 is 0 Å². The Hall–Kier alpha value is -2.75. The lowest BCUT2D eigenvalue weighted by molar-refractivity contribution is 0.397. The Morgan fingerprint density at radius 3 is 2.50 bits per heavy atom. The van der Waals surface area contributed by atoms with Crippen LogP contribution in [-0.2, 0) is 0 Å². The molecule has 0 saturated heterocycles. The Balaban J connectivity index is 2.28. The normalized spacial score (nSPS) is 10.7. The molecule has 0 fully saturated rings. The highest BCUT2D eigenvalue weighted by Gasteiger charge is 2.11. The number of hydrogen-bond donors (Lipinski definition) is 1. The summed E-state index contributed by atoms with van der Waals surface area (Å²) in [6.45, 7) is 2.05. The van der Waals surface area contributed by atoms with Gasteiger partial charge in [0.1, 0.15) is 17.0 Å². The summed E-state index contributed by atoms with van der Waals surface area (Å²) in [5, 5.41) is 1.02. The van der Waals surface area contributed by atoms with Crippen molar-refractivity contribution >= 4 is 16.6 Å². The van der Waals surface area contributed by atoms with E-state index in [1.54, 1.807) is 14.2 Å². The minimum absolute atomic E-state index is 0.697. The first kappa shape index (κ1) is 14.2. The van der Waals surface area contributed by atoms with Gasteiger partial charge in [0.25, 0.3) is 0 Å². The smallest absolute Gasteiger partial charge is 0.148 e. The molecule has 2 aromatic carbocycles. The highest BCUT2D eigenvalue weighted by molar-refractivity contribution is 5.91. The molecule has 4 nitrogen and oxygen atoms in total. The van der Waals surface area contributed by atoms with Crippen LogP contribution in [0.3, 0.4) is 0 Å². The van der Waals surface area contributed by atoms with Crippen molar-refractivity contribution in [1.82, 2.24) is 4.98 Å². The number of pyridine rings is 1. The Morgan fingerprint density at radius 1 is 1.00 bits per heavy atom. The van der Waals surface area contributed by atoms with Gasteiger partial charge in [-0.3, -0.25) is 0 Å². The molecule has 0 spiro atoms. The molecule has 0 radical (unpaired) electrons. The fourth-order valence-electron chi connectivity index (χ4n) is 2.55. The number of aryl methyl sites for hydroxylation is 1. The van der Waals surface area contributed by atoms with Crippen molar-refractivity contribution in [2.75, 3.05) is 20.0 Å². The topological polar surface area (TPSA) is 57.4 Å². The molecule has 0 bridgehead atoms. The number of nitrogens with two attached hydrogens (primary N) is 1. The van der Waals surface area contributed by atoms with Gasteiger partial charge in [0.15, 0.2) is 0 Å². The van der Waals surface area contributed by atoms with Crippen LogP contribution in [0.1, 0.15) is 5.56 Å². The van der Waals surface area contributed by atoms with Gasteiger partial charge in [0.05, 0.1) is 19.9 Å². The number of aromatic nitrogens is 1. The molecule has 112 valence electrons. The maximum Gasteiger partial charge on any atom is 0.148 e. The molecule has 0 aliphatic carbocycles. The average Bonchev–Trinajstić information content (AvgIpc) is 2.54. The molecule has 0 aliphatic heterocycles. The summed E-state index contributed by atoms with van der Waals surface area (Å²) in [5.74, 6) is 1.45. The highest BCUT2D eigenvalue weighted by Crippen LogP contribution is 2.34.